The highest BCUT2D eigenvalue weighted by Gasteiger charge is 2.10. The van der Waals surface area contributed by atoms with Gasteiger partial charge in [-0.2, -0.15) is 0 Å². The van der Waals surface area contributed by atoms with Gasteiger partial charge >= 0.3 is 0 Å². The van der Waals surface area contributed by atoms with Crippen LogP contribution in [0.3, 0.4) is 0 Å². The quantitative estimate of drug-likeness (QED) is 0.724. The number of pyridine rings is 1. The van der Waals surface area contributed by atoms with Gasteiger partial charge in [-0.3, -0.25) is 15.0 Å². The highest BCUT2D eigenvalue weighted by molar-refractivity contribution is 5.73. The summed E-state index contributed by atoms with van der Waals surface area (Å²) in [6, 6.07) is 3.95. The summed E-state index contributed by atoms with van der Waals surface area (Å²) in [5, 5.41) is 3.40. The van der Waals surface area contributed by atoms with Gasteiger partial charge in [0, 0.05) is 49.5 Å². The second kappa shape index (κ2) is 9.52. The lowest BCUT2D eigenvalue weighted by molar-refractivity contribution is -0.386. The van der Waals surface area contributed by atoms with E-state index < -0.39 is 0 Å². The Morgan fingerprint density at radius 1 is 1.21 bits per heavy atom. The van der Waals surface area contributed by atoms with Crippen LogP contribution in [-0.4, -0.2) is 28.2 Å². The van der Waals surface area contributed by atoms with Gasteiger partial charge < -0.3 is 11.1 Å². The number of rotatable bonds is 8. The second-order valence-corrected chi connectivity index (χ2v) is 5.36. The Hall–Kier alpha value is -2.60. The van der Waals surface area contributed by atoms with Gasteiger partial charge in [0.2, 0.25) is 0 Å². The zero-order valence-electron chi connectivity index (χ0n) is 14.4. The fraction of sp³-hybridized carbons (Fsp3) is 0.333. The SMILES string of the molecule is CCCc1nccnc1C/C(=C/C=NC)Nc1ncccc1C[NH3+]. The summed E-state index contributed by atoms with van der Waals surface area (Å²) < 4.78 is 0. The molecule has 4 N–H and O–H groups in total. The molecule has 2 rings (SSSR count). The molecule has 0 bridgehead atoms. The standard InChI is InChI=1S/C18H24N6/c1-3-5-16-17(22-11-10-21-16)12-15(7-9-20-2)24-18-14(13-19)6-4-8-23-18/h4,6-11H,3,5,12-13,19H2,1-2H3,(H,23,24)/p+1/b15-7-,20-9?. The van der Waals surface area contributed by atoms with Crippen LogP contribution in [0.5, 0.6) is 0 Å². The first-order valence-electron chi connectivity index (χ1n) is 8.18. The average Bonchev–Trinajstić information content (AvgIpc) is 2.62. The van der Waals surface area contributed by atoms with E-state index in [1.165, 1.54) is 0 Å². The van der Waals surface area contributed by atoms with E-state index in [2.05, 4.69) is 37.9 Å². The molecule has 0 aliphatic carbocycles. The van der Waals surface area contributed by atoms with E-state index in [4.69, 9.17) is 0 Å². The van der Waals surface area contributed by atoms with Crippen LogP contribution >= 0.6 is 0 Å². The summed E-state index contributed by atoms with van der Waals surface area (Å²) in [5.74, 6) is 0.823. The summed E-state index contributed by atoms with van der Waals surface area (Å²) in [7, 11) is 1.75. The highest BCUT2D eigenvalue weighted by atomic mass is 15.0. The van der Waals surface area contributed by atoms with Crippen molar-refractivity contribution in [1.29, 1.82) is 0 Å². The first-order valence-corrected chi connectivity index (χ1v) is 8.18. The molecule has 6 nitrogen and oxygen atoms in total. The Balaban J connectivity index is 2.27. The molecule has 0 saturated carbocycles. The molecule has 0 unspecified atom stereocenters. The second-order valence-electron chi connectivity index (χ2n) is 5.36. The van der Waals surface area contributed by atoms with Crippen molar-refractivity contribution in [2.24, 2.45) is 4.99 Å². The van der Waals surface area contributed by atoms with E-state index in [-0.39, 0.29) is 0 Å². The zero-order chi connectivity index (χ0) is 17.2. The van der Waals surface area contributed by atoms with Crippen molar-refractivity contribution in [3.8, 4) is 0 Å². The Bertz CT molecular complexity index is 708. The van der Waals surface area contributed by atoms with Gasteiger partial charge in [0.05, 0.1) is 11.4 Å². The van der Waals surface area contributed by atoms with Gasteiger partial charge in [0.1, 0.15) is 12.4 Å². The van der Waals surface area contributed by atoms with Gasteiger partial charge in [-0.05, 0) is 24.6 Å². The lowest BCUT2D eigenvalue weighted by Crippen LogP contribution is -2.47. The molecular formula is C18H25N6+. The molecular weight excluding hydrogens is 300 g/mol. The van der Waals surface area contributed by atoms with Crippen molar-refractivity contribution in [2.75, 3.05) is 12.4 Å². The summed E-state index contributed by atoms with van der Waals surface area (Å²) in [4.78, 5) is 17.4. The molecule has 24 heavy (non-hydrogen) atoms. The summed E-state index contributed by atoms with van der Waals surface area (Å²) in [6.45, 7) is 2.82. The molecule has 0 fully saturated rings. The summed E-state index contributed by atoms with van der Waals surface area (Å²) >= 11 is 0. The molecule has 0 aliphatic rings. The molecule has 0 spiro atoms. The van der Waals surface area contributed by atoms with Crippen molar-refractivity contribution in [1.82, 2.24) is 15.0 Å². The Labute approximate surface area is 143 Å². The average molecular weight is 325 g/mol. The van der Waals surface area contributed by atoms with Crippen LogP contribution in [0.25, 0.3) is 0 Å². The lowest BCUT2D eigenvalue weighted by Gasteiger charge is -2.13. The third-order valence-electron chi connectivity index (χ3n) is 3.57. The maximum atomic E-state index is 4.51. The van der Waals surface area contributed by atoms with Gasteiger partial charge in [0.25, 0.3) is 0 Å². The van der Waals surface area contributed by atoms with Crippen LogP contribution in [0, 0.1) is 0 Å². The Kier molecular flexibility index (Phi) is 7.04. The Morgan fingerprint density at radius 3 is 2.71 bits per heavy atom. The fourth-order valence-corrected chi connectivity index (χ4v) is 2.38. The van der Waals surface area contributed by atoms with Gasteiger partial charge in [-0.15, -0.1) is 0 Å². The fourth-order valence-electron chi connectivity index (χ4n) is 2.38. The number of anilines is 1. The molecule has 0 saturated heterocycles. The van der Waals surface area contributed by atoms with Crippen molar-refractivity contribution in [3.63, 3.8) is 0 Å². The predicted molar refractivity (Wildman–Crippen MR) is 96.7 cm³/mol. The molecule has 0 amide bonds. The lowest BCUT2D eigenvalue weighted by atomic mass is 10.1. The number of allylic oxidation sites excluding steroid dienone is 2. The summed E-state index contributed by atoms with van der Waals surface area (Å²) in [5.41, 5.74) is 8.04. The van der Waals surface area contributed by atoms with Crippen LogP contribution < -0.4 is 11.1 Å². The van der Waals surface area contributed by atoms with Gasteiger partial charge in [-0.25, -0.2) is 4.98 Å². The number of aromatic nitrogens is 3. The number of aliphatic imine (C=N–C) groups is 1. The Morgan fingerprint density at radius 2 is 2.00 bits per heavy atom. The maximum Gasteiger partial charge on any atom is 0.138 e. The minimum atomic E-state index is 0.655. The van der Waals surface area contributed by atoms with E-state index in [1.807, 2.05) is 18.2 Å². The summed E-state index contributed by atoms with van der Waals surface area (Å²) in [6.07, 6.45) is 11.6. The van der Waals surface area contributed by atoms with Crippen LogP contribution in [0.1, 0.15) is 30.3 Å². The van der Waals surface area contributed by atoms with Crippen molar-refractivity contribution in [2.45, 2.75) is 32.7 Å². The van der Waals surface area contributed by atoms with Crippen LogP contribution in [0.4, 0.5) is 5.82 Å². The minimum absolute atomic E-state index is 0.655. The zero-order valence-corrected chi connectivity index (χ0v) is 14.4. The number of hydrogen-bond acceptors (Lipinski definition) is 5. The van der Waals surface area contributed by atoms with Gasteiger partial charge in [0.15, 0.2) is 0 Å². The van der Waals surface area contributed by atoms with Crippen LogP contribution in [0.2, 0.25) is 0 Å². The highest BCUT2D eigenvalue weighted by Crippen LogP contribution is 2.16. The van der Waals surface area contributed by atoms with Crippen molar-refractivity contribution >= 4 is 12.0 Å². The van der Waals surface area contributed by atoms with Crippen molar-refractivity contribution in [3.05, 3.63) is 59.4 Å². The third kappa shape index (κ3) is 4.96. The third-order valence-corrected chi connectivity index (χ3v) is 3.57. The van der Waals surface area contributed by atoms with E-state index >= 15 is 0 Å². The first kappa shape index (κ1) is 17.7. The number of nitrogens with one attached hydrogen (secondary N) is 1. The topological polar surface area (TPSA) is 90.7 Å². The normalized spacial score (nSPS) is 11.9. The van der Waals surface area contributed by atoms with Crippen molar-refractivity contribution < 1.29 is 5.73 Å². The van der Waals surface area contributed by atoms with Gasteiger partial charge in [-0.1, -0.05) is 13.3 Å². The number of aryl methyl sites for hydroxylation is 1. The molecule has 0 aromatic carbocycles. The molecule has 0 aliphatic heterocycles. The molecule has 0 radical (unpaired) electrons. The molecule has 2 heterocycles. The number of hydrogen-bond donors (Lipinski definition) is 2. The molecule has 2 aromatic heterocycles. The van der Waals surface area contributed by atoms with E-state index in [0.29, 0.717) is 13.0 Å². The molecule has 126 valence electrons. The van der Waals surface area contributed by atoms with Crippen LogP contribution in [-0.2, 0) is 19.4 Å². The maximum absolute atomic E-state index is 4.51. The monoisotopic (exact) mass is 325 g/mol. The largest absolute Gasteiger partial charge is 0.354 e. The number of nitrogens with zero attached hydrogens (tertiary/aromatic N) is 4. The van der Waals surface area contributed by atoms with E-state index in [0.717, 1.165) is 41.3 Å². The predicted octanol–water partition coefficient (Wildman–Crippen LogP) is 1.81. The molecule has 6 heteroatoms. The smallest absolute Gasteiger partial charge is 0.138 e. The van der Waals surface area contributed by atoms with E-state index in [1.54, 1.807) is 31.9 Å². The van der Waals surface area contributed by atoms with Crippen LogP contribution in [0.15, 0.2) is 47.5 Å². The van der Waals surface area contributed by atoms with E-state index in [9.17, 15) is 0 Å². The number of quaternary nitrogens is 1. The minimum Gasteiger partial charge on any atom is -0.354 e. The molecule has 0 atom stereocenters. The molecule has 2 aromatic rings. The first-order chi connectivity index (χ1) is 11.8.